The maximum absolute atomic E-state index is 15.9. The standard InChI is InChI=1S/C26H25FO4S/c27-22-23-21(17-29-25(31-23)19-12-6-2-7-13-19)30-26(32-20-14-8-3-9-15-20)24(22)28-16-18-10-4-1-5-11-18/h1-15,21-26H,16-17H2/t21-,22+,23-,24+,25-,26+/m1/s1. The molecule has 5 rings (SSSR count). The summed E-state index contributed by atoms with van der Waals surface area (Å²) < 4.78 is 40.3. The maximum atomic E-state index is 15.9. The summed E-state index contributed by atoms with van der Waals surface area (Å²) in [5.41, 5.74) is 1.33. The van der Waals surface area contributed by atoms with Crippen molar-refractivity contribution in [2.24, 2.45) is 0 Å². The van der Waals surface area contributed by atoms with Crippen LogP contribution < -0.4 is 0 Å². The van der Waals surface area contributed by atoms with E-state index in [1.165, 1.54) is 11.8 Å². The second-order valence-corrected chi connectivity index (χ2v) is 9.03. The molecule has 2 aliphatic rings. The summed E-state index contributed by atoms with van der Waals surface area (Å²) in [7, 11) is 0. The lowest BCUT2D eigenvalue weighted by Gasteiger charge is -2.46. The van der Waals surface area contributed by atoms with Crippen molar-refractivity contribution in [1.29, 1.82) is 0 Å². The molecule has 3 aromatic carbocycles. The highest BCUT2D eigenvalue weighted by Crippen LogP contribution is 2.41. The first kappa shape index (κ1) is 21.6. The average molecular weight is 453 g/mol. The van der Waals surface area contributed by atoms with Crippen LogP contribution in [-0.4, -0.2) is 36.5 Å². The molecule has 6 atom stereocenters. The minimum atomic E-state index is -1.35. The number of benzene rings is 3. The molecule has 3 aromatic rings. The Bertz CT molecular complexity index is 975. The average Bonchev–Trinajstić information content (AvgIpc) is 2.85. The van der Waals surface area contributed by atoms with Crippen LogP contribution in [0.25, 0.3) is 0 Å². The van der Waals surface area contributed by atoms with Crippen LogP contribution in [0.5, 0.6) is 0 Å². The zero-order chi connectivity index (χ0) is 21.8. The molecule has 2 saturated heterocycles. The first-order valence-corrected chi connectivity index (χ1v) is 11.6. The fourth-order valence-electron chi connectivity index (χ4n) is 3.98. The molecule has 0 saturated carbocycles. The molecule has 6 heteroatoms. The first-order valence-electron chi connectivity index (χ1n) is 10.8. The van der Waals surface area contributed by atoms with E-state index in [-0.39, 0.29) is 6.61 Å². The van der Waals surface area contributed by atoms with Gasteiger partial charge in [-0.15, -0.1) is 0 Å². The molecule has 0 radical (unpaired) electrons. The Labute approximate surface area is 191 Å². The van der Waals surface area contributed by atoms with Crippen LogP contribution in [0.15, 0.2) is 95.9 Å². The zero-order valence-corrected chi connectivity index (χ0v) is 18.3. The van der Waals surface area contributed by atoms with Crippen LogP contribution in [-0.2, 0) is 25.6 Å². The third kappa shape index (κ3) is 4.90. The van der Waals surface area contributed by atoms with Gasteiger partial charge >= 0.3 is 0 Å². The van der Waals surface area contributed by atoms with Gasteiger partial charge in [-0.05, 0) is 17.7 Å². The zero-order valence-electron chi connectivity index (χ0n) is 17.5. The first-order chi connectivity index (χ1) is 15.8. The van der Waals surface area contributed by atoms with Crippen molar-refractivity contribution >= 4 is 11.8 Å². The Morgan fingerprint density at radius 3 is 2.22 bits per heavy atom. The van der Waals surface area contributed by atoms with Crippen molar-refractivity contribution in [1.82, 2.24) is 0 Å². The monoisotopic (exact) mass is 452 g/mol. The number of alkyl halides is 1. The van der Waals surface area contributed by atoms with E-state index < -0.39 is 36.2 Å². The lowest BCUT2D eigenvalue weighted by Crippen LogP contribution is -2.60. The number of halogens is 1. The number of hydrogen-bond donors (Lipinski definition) is 0. The van der Waals surface area contributed by atoms with E-state index in [4.69, 9.17) is 18.9 Å². The van der Waals surface area contributed by atoms with Gasteiger partial charge in [0, 0.05) is 10.5 Å². The quantitative estimate of drug-likeness (QED) is 0.491. The van der Waals surface area contributed by atoms with E-state index in [1.54, 1.807) is 0 Å². The highest BCUT2D eigenvalue weighted by Gasteiger charge is 2.51. The van der Waals surface area contributed by atoms with E-state index in [0.717, 1.165) is 16.0 Å². The Morgan fingerprint density at radius 1 is 0.844 bits per heavy atom. The largest absolute Gasteiger partial charge is 0.367 e. The Hall–Kier alpha value is -2.22. The van der Waals surface area contributed by atoms with E-state index in [0.29, 0.717) is 6.61 Å². The summed E-state index contributed by atoms with van der Waals surface area (Å²) in [5.74, 6) is 0. The molecule has 0 bridgehead atoms. The fraction of sp³-hybridized carbons (Fsp3) is 0.308. The molecule has 0 aromatic heterocycles. The van der Waals surface area contributed by atoms with Gasteiger partial charge in [0.05, 0.1) is 13.2 Å². The molecule has 166 valence electrons. The predicted molar refractivity (Wildman–Crippen MR) is 121 cm³/mol. The lowest BCUT2D eigenvalue weighted by atomic mass is 9.99. The molecule has 0 aliphatic carbocycles. The SMILES string of the molecule is F[C@H]1[C@@H]2O[C@H](c3ccccc3)OC[C@H]2O[C@@H](Sc2ccccc2)[C@H]1OCc1ccccc1. The predicted octanol–water partition coefficient (Wildman–Crippen LogP) is 5.54. The van der Waals surface area contributed by atoms with E-state index in [1.807, 2.05) is 91.0 Å². The Morgan fingerprint density at radius 2 is 1.50 bits per heavy atom. The Kier molecular flexibility index (Phi) is 6.86. The van der Waals surface area contributed by atoms with Gasteiger partial charge in [-0.2, -0.15) is 0 Å². The lowest BCUT2D eigenvalue weighted by molar-refractivity contribution is -0.313. The van der Waals surface area contributed by atoms with E-state index >= 15 is 4.39 Å². The van der Waals surface area contributed by atoms with Crippen molar-refractivity contribution in [2.75, 3.05) is 6.61 Å². The summed E-state index contributed by atoms with van der Waals surface area (Å²) >= 11 is 1.47. The molecule has 0 unspecified atom stereocenters. The molecule has 2 fully saturated rings. The van der Waals surface area contributed by atoms with Crippen LogP contribution in [0.3, 0.4) is 0 Å². The third-order valence-corrected chi connectivity index (χ3v) is 6.77. The van der Waals surface area contributed by atoms with Crippen molar-refractivity contribution in [3.05, 3.63) is 102 Å². The van der Waals surface area contributed by atoms with Crippen LogP contribution in [0.1, 0.15) is 17.4 Å². The van der Waals surface area contributed by atoms with Crippen molar-refractivity contribution in [3.8, 4) is 0 Å². The topological polar surface area (TPSA) is 36.9 Å². The molecular weight excluding hydrogens is 427 g/mol. The van der Waals surface area contributed by atoms with Gasteiger partial charge in [0.25, 0.3) is 0 Å². The van der Waals surface area contributed by atoms with Crippen molar-refractivity contribution < 1.29 is 23.3 Å². The molecule has 32 heavy (non-hydrogen) atoms. The summed E-state index contributed by atoms with van der Waals surface area (Å²) in [6.07, 6.45) is -4.01. The number of thioether (sulfide) groups is 1. The molecule has 4 nitrogen and oxygen atoms in total. The molecule has 0 spiro atoms. The molecule has 2 heterocycles. The van der Waals surface area contributed by atoms with Gasteiger partial charge in [0.15, 0.2) is 12.5 Å². The summed E-state index contributed by atoms with van der Waals surface area (Å²) in [4.78, 5) is 0.997. The molecular formula is C26H25FO4S. The van der Waals surface area contributed by atoms with Gasteiger partial charge in [-0.25, -0.2) is 4.39 Å². The van der Waals surface area contributed by atoms with Crippen LogP contribution >= 0.6 is 11.8 Å². The third-order valence-electron chi connectivity index (χ3n) is 5.62. The van der Waals surface area contributed by atoms with Crippen molar-refractivity contribution in [3.63, 3.8) is 0 Å². The van der Waals surface area contributed by atoms with Crippen LogP contribution in [0, 0.1) is 0 Å². The summed E-state index contributed by atoms with van der Waals surface area (Å²) in [6.45, 7) is 0.568. The maximum Gasteiger partial charge on any atom is 0.184 e. The summed E-state index contributed by atoms with van der Waals surface area (Å²) in [5, 5.41) is 0. The smallest absolute Gasteiger partial charge is 0.184 e. The summed E-state index contributed by atoms with van der Waals surface area (Å²) in [6, 6.07) is 29.2. The van der Waals surface area contributed by atoms with Gasteiger partial charge in [0.1, 0.15) is 23.7 Å². The number of ether oxygens (including phenoxy) is 4. The second-order valence-electron chi connectivity index (χ2n) is 7.86. The number of hydrogen-bond acceptors (Lipinski definition) is 5. The van der Waals surface area contributed by atoms with Crippen LogP contribution in [0.4, 0.5) is 4.39 Å². The van der Waals surface area contributed by atoms with Crippen molar-refractivity contribution in [2.45, 2.75) is 47.7 Å². The number of fused-ring (bicyclic) bond motifs is 1. The molecule has 0 amide bonds. The van der Waals surface area contributed by atoms with E-state index in [2.05, 4.69) is 0 Å². The van der Waals surface area contributed by atoms with Crippen LogP contribution in [0.2, 0.25) is 0 Å². The second kappa shape index (κ2) is 10.1. The highest BCUT2D eigenvalue weighted by atomic mass is 32.2. The molecule has 2 aliphatic heterocycles. The highest BCUT2D eigenvalue weighted by molar-refractivity contribution is 7.99. The normalized spacial score (nSPS) is 29.9. The van der Waals surface area contributed by atoms with Gasteiger partial charge in [-0.1, -0.05) is 90.6 Å². The minimum Gasteiger partial charge on any atom is -0.367 e. The molecule has 0 N–H and O–H groups in total. The minimum absolute atomic E-state index is 0.266. The fourth-order valence-corrected chi connectivity index (χ4v) is 5.12. The van der Waals surface area contributed by atoms with Gasteiger partial charge in [0.2, 0.25) is 0 Å². The van der Waals surface area contributed by atoms with Gasteiger partial charge < -0.3 is 18.9 Å². The van der Waals surface area contributed by atoms with Gasteiger partial charge in [-0.3, -0.25) is 0 Å². The Balaban J connectivity index is 1.35. The van der Waals surface area contributed by atoms with E-state index in [9.17, 15) is 0 Å². The number of rotatable bonds is 6.